The molecule has 1 saturated carbocycles. The molecule has 0 aromatic rings. The van der Waals surface area contributed by atoms with Crippen LogP contribution in [0.1, 0.15) is 33.1 Å². The first kappa shape index (κ1) is 9.54. The molecule has 1 rings (SSSR count). The van der Waals surface area contributed by atoms with Crippen LogP contribution < -0.4 is 5.32 Å². The number of nitriles is 1. The van der Waals surface area contributed by atoms with Gasteiger partial charge in [0, 0.05) is 6.04 Å². The monoisotopic (exact) mass is 166 g/mol. The molecule has 12 heavy (non-hydrogen) atoms. The van der Waals surface area contributed by atoms with Crippen molar-refractivity contribution >= 4 is 0 Å². The zero-order valence-corrected chi connectivity index (χ0v) is 8.01. The quantitative estimate of drug-likeness (QED) is 0.636. The Kier molecular flexibility index (Phi) is 3.55. The minimum Gasteiger partial charge on any atom is -0.301 e. The van der Waals surface area contributed by atoms with Gasteiger partial charge in [-0.05, 0) is 18.3 Å². The fourth-order valence-corrected chi connectivity index (χ4v) is 2.05. The molecule has 0 heterocycles. The Hall–Kier alpha value is -0.550. The van der Waals surface area contributed by atoms with Gasteiger partial charge in [0.25, 0.3) is 0 Å². The van der Waals surface area contributed by atoms with Crippen LogP contribution in [0.3, 0.4) is 0 Å². The zero-order chi connectivity index (χ0) is 8.97. The average Bonchev–Trinajstić information content (AvgIpc) is 2.08. The summed E-state index contributed by atoms with van der Waals surface area (Å²) < 4.78 is 0. The Morgan fingerprint density at radius 2 is 2.17 bits per heavy atom. The summed E-state index contributed by atoms with van der Waals surface area (Å²) in [6, 6.07) is 2.72. The van der Waals surface area contributed by atoms with E-state index < -0.39 is 0 Å². The highest BCUT2D eigenvalue weighted by Gasteiger charge is 2.25. The summed E-state index contributed by atoms with van der Waals surface area (Å²) in [5, 5.41) is 11.7. The van der Waals surface area contributed by atoms with Crippen molar-refractivity contribution in [2.45, 2.75) is 39.2 Å². The van der Waals surface area contributed by atoms with Crippen molar-refractivity contribution < 1.29 is 0 Å². The largest absolute Gasteiger partial charge is 0.301 e. The molecule has 1 aliphatic carbocycles. The highest BCUT2D eigenvalue weighted by molar-refractivity contribution is 4.85. The van der Waals surface area contributed by atoms with E-state index >= 15 is 0 Å². The van der Waals surface area contributed by atoms with Gasteiger partial charge in [-0.25, -0.2) is 0 Å². The summed E-state index contributed by atoms with van der Waals surface area (Å²) in [6.07, 6.45) is 3.91. The summed E-state index contributed by atoms with van der Waals surface area (Å²) in [5.41, 5.74) is 0. The summed E-state index contributed by atoms with van der Waals surface area (Å²) in [7, 11) is 0. The standard InChI is InChI=1S/C10H18N2/c1-8-4-3-5-10(9(8)2)12-7-6-11/h8-10,12H,3-5,7H2,1-2H3. The second-order valence-corrected chi connectivity index (χ2v) is 3.91. The molecule has 0 bridgehead atoms. The third-order valence-corrected chi connectivity index (χ3v) is 3.15. The Morgan fingerprint density at radius 1 is 1.42 bits per heavy atom. The van der Waals surface area contributed by atoms with Gasteiger partial charge in [-0.1, -0.05) is 26.7 Å². The van der Waals surface area contributed by atoms with Crippen LogP contribution in [0.15, 0.2) is 0 Å². The molecule has 1 N–H and O–H groups in total. The van der Waals surface area contributed by atoms with Gasteiger partial charge in [0.05, 0.1) is 12.6 Å². The molecule has 0 spiro atoms. The molecule has 0 aromatic carbocycles. The molecular weight excluding hydrogens is 148 g/mol. The van der Waals surface area contributed by atoms with E-state index in [0.29, 0.717) is 12.6 Å². The highest BCUT2D eigenvalue weighted by Crippen LogP contribution is 2.29. The third-order valence-electron chi connectivity index (χ3n) is 3.15. The van der Waals surface area contributed by atoms with Crippen LogP contribution in [0.4, 0.5) is 0 Å². The van der Waals surface area contributed by atoms with E-state index in [9.17, 15) is 0 Å². The number of rotatable bonds is 2. The SMILES string of the molecule is CC1CCCC(NCC#N)C1C. The third kappa shape index (κ3) is 2.22. The lowest BCUT2D eigenvalue weighted by Gasteiger charge is -2.34. The van der Waals surface area contributed by atoms with Gasteiger partial charge in [-0.3, -0.25) is 0 Å². The highest BCUT2D eigenvalue weighted by atomic mass is 14.9. The second-order valence-electron chi connectivity index (χ2n) is 3.91. The number of nitrogens with one attached hydrogen (secondary N) is 1. The van der Waals surface area contributed by atoms with E-state index in [2.05, 4.69) is 25.2 Å². The molecule has 2 nitrogen and oxygen atoms in total. The molecule has 1 aliphatic rings. The maximum atomic E-state index is 8.44. The second kappa shape index (κ2) is 4.47. The number of hydrogen-bond acceptors (Lipinski definition) is 2. The van der Waals surface area contributed by atoms with Gasteiger partial charge in [0.2, 0.25) is 0 Å². The molecule has 0 saturated heterocycles. The van der Waals surface area contributed by atoms with Crippen molar-refractivity contribution in [2.24, 2.45) is 11.8 Å². The van der Waals surface area contributed by atoms with Crippen LogP contribution in [0.25, 0.3) is 0 Å². The summed E-state index contributed by atoms with van der Waals surface area (Å²) in [4.78, 5) is 0. The van der Waals surface area contributed by atoms with Crippen molar-refractivity contribution in [3.63, 3.8) is 0 Å². The van der Waals surface area contributed by atoms with E-state index in [0.717, 1.165) is 11.8 Å². The molecule has 3 atom stereocenters. The molecule has 68 valence electrons. The van der Waals surface area contributed by atoms with Crippen molar-refractivity contribution in [3.8, 4) is 6.07 Å². The Morgan fingerprint density at radius 3 is 2.83 bits per heavy atom. The van der Waals surface area contributed by atoms with Crippen LogP contribution in [0.2, 0.25) is 0 Å². The lowest BCUT2D eigenvalue weighted by Crippen LogP contribution is -2.40. The number of hydrogen-bond donors (Lipinski definition) is 1. The van der Waals surface area contributed by atoms with Gasteiger partial charge < -0.3 is 5.32 Å². The van der Waals surface area contributed by atoms with Crippen molar-refractivity contribution in [3.05, 3.63) is 0 Å². The fourth-order valence-electron chi connectivity index (χ4n) is 2.05. The minimum absolute atomic E-state index is 0.502. The van der Waals surface area contributed by atoms with E-state index in [1.165, 1.54) is 19.3 Å². The normalized spacial score (nSPS) is 35.9. The Balaban J connectivity index is 2.36. The summed E-state index contributed by atoms with van der Waals surface area (Å²) >= 11 is 0. The van der Waals surface area contributed by atoms with Gasteiger partial charge in [-0.2, -0.15) is 5.26 Å². The van der Waals surface area contributed by atoms with E-state index in [1.54, 1.807) is 0 Å². The smallest absolute Gasteiger partial charge is 0.0843 e. The topological polar surface area (TPSA) is 35.8 Å². The van der Waals surface area contributed by atoms with Gasteiger partial charge in [-0.15, -0.1) is 0 Å². The maximum absolute atomic E-state index is 8.44. The molecule has 2 heteroatoms. The molecule has 0 aromatic heterocycles. The summed E-state index contributed by atoms with van der Waals surface area (Å²) in [6.45, 7) is 5.10. The Bertz CT molecular complexity index is 171. The van der Waals surface area contributed by atoms with E-state index in [1.807, 2.05) is 0 Å². The van der Waals surface area contributed by atoms with Gasteiger partial charge in [0.15, 0.2) is 0 Å². The van der Waals surface area contributed by atoms with Crippen LogP contribution in [0, 0.1) is 23.2 Å². The van der Waals surface area contributed by atoms with Crippen LogP contribution in [-0.4, -0.2) is 12.6 Å². The fraction of sp³-hybridized carbons (Fsp3) is 0.900. The number of nitrogens with zero attached hydrogens (tertiary/aromatic N) is 1. The van der Waals surface area contributed by atoms with Crippen LogP contribution >= 0.6 is 0 Å². The molecular formula is C10H18N2. The predicted molar refractivity (Wildman–Crippen MR) is 49.6 cm³/mol. The molecule has 0 aliphatic heterocycles. The van der Waals surface area contributed by atoms with Crippen molar-refractivity contribution in [2.75, 3.05) is 6.54 Å². The van der Waals surface area contributed by atoms with Crippen LogP contribution in [-0.2, 0) is 0 Å². The Labute approximate surface area is 75.0 Å². The zero-order valence-electron chi connectivity index (χ0n) is 8.01. The van der Waals surface area contributed by atoms with Crippen LogP contribution in [0.5, 0.6) is 0 Å². The van der Waals surface area contributed by atoms with E-state index in [4.69, 9.17) is 5.26 Å². The first-order valence-electron chi connectivity index (χ1n) is 4.86. The first-order chi connectivity index (χ1) is 5.75. The van der Waals surface area contributed by atoms with Gasteiger partial charge in [0.1, 0.15) is 0 Å². The molecule has 3 unspecified atom stereocenters. The average molecular weight is 166 g/mol. The van der Waals surface area contributed by atoms with E-state index in [-0.39, 0.29) is 0 Å². The van der Waals surface area contributed by atoms with Crippen molar-refractivity contribution in [1.29, 1.82) is 5.26 Å². The van der Waals surface area contributed by atoms with Gasteiger partial charge >= 0.3 is 0 Å². The predicted octanol–water partition coefficient (Wildman–Crippen LogP) is 1.92. The minimum atomic E-state index is 0.502. The summed E-state index contributed by atoms with van der Waals surface area (Å²) in [5.74, 6) is 1.54. The van der Waals surface area contributed by atoms with Crippen molar-refractivity contribution in [1.82, 2.24) is 5.32 Å². The molecule has 0 amide bonds. The molecule has 0 radical (unpaired) electrons. The lowest BCUT2D eigenvalue weighted by atomic mass is 9.78. The lowest BCUT2D eigenvalue weighted by molar-refractivity contribution is 0.212. The molecule has 1 fully saturated rings. The maximum Gasteiger partial charge on any atom is 0.0843 e. The first-order valence-corrected chi connectivity index (χ1v) is 4.86.